The first-order valence-electron chi connectivity index (χ1n) is 7.36. The van der Waals surface area contributed by atoms with Crippen molar-refractivity contribution < 1.29 is 0 Å². The van der Waals surface area contributed by atoms with Crippen molar-refractivity contribution in [3.05, 3.63) is 47.4 Å². The third kappa shape index (κ3) is 2.55. The Balaban J connectivity index is 1.71. The molecule has 0 amide bonds. The summed E-state index contributed by atoms with van der Waals surface area (Å²) in [6.07, 6.45) is 0. The summed E-state index contributed by atoms with van der Waals surface area (Å²) in [5.74, 6) is 0.853. The van der Waals surface area contributed by atoms with Gasteiger partial charge in [-0.25, -0.2) is 9.97 Å². The highest BCUT2D eigenvalue weighted by atomic mass is 35.5. The van der Waals surface area contributed by atoms with Crippen LogP contribution in [0, 0.1) is 0 Å². The predicted molar refractivity (Wildman–Crippen MR) is 83.2 cm³/mol. The zero-order chi connectivity index (χ0) is 14.2. The van der Waals surface area contributed by atoms with Gasteiger partial charge in [-0.2, -0.15) is 0 Å². The van der Waals surface area contributed by atoms with Gasteiger partial charge in [0.05, 0.1) is 11.7 Å². The molecular weight excluding hydrogens is 284 g/mol. The standard InChI is InChI=1S/C16H17ClN4/c17-15-10-13(12-4-2-1-3-5-12)18-16(19-15)14-11-20-6-8-21(14)9-7-20/h1-5,10,14H,6-9,11H2. The molecule has 3 saturated heterocycles. The molecule has 2 bridgehead atoms. The molecule has 1 aromatic heterocycles. The monoisotopic (exact) mass is 300 g/mol. The predicted octanol–water partition coefficient (Wildman–Crippen LogP) is 2.47. The van der Waals surface area contributed by atoms with Crippen LogP contribution in [0.1, 0.15) is 11.9 Å². The van der Waals surface area contributed by atoms with Gasteiger partial charge < -0.3 is 0 Å². The van der Waals surface area contributed by atoms with Gasteiger partial charge in [0.1, 0.15) is 11.0 Å². The van der Waals surface area contributed by atoms with E-state index in [1.165, 1.54) is 0 Å². The third-order valence-corrected chi connectivity index (χ3v) is 4.55. The van der Waals surface area contributed by atoms with E-state index in [4.69, 9.17) is 16.6 Å². The second-order valence-electron chi connectivity index (χ2n) is 5.65. The highest BCUT2D eigenvalue weighted by molar-refractivity contribution is 6.29. The molecule has 4 nitrogen and oxygen atoms in total. The first kappa shape index (κ1) is 13.2. The van der Waals surface area contributed by atoms with Crippen LogP contribution in [0.3, 0.4) is 0 Å². The summed E-state index contributed by atoms with van der Waals surface area (Å²) < 4.78 is 0. The van der Waals surface area contributed by atoms with Crippen LogP contribution >= 0.6 is 11.6 Å². The van der Waals surface area contributed by atoms with Crippen LogP contribution in [-0.4, -0.2) is 52.5 Å². The van der Waals surface area contributed by atoms with Crippen LogP contribution in [0.15, 0.2) is 36.4 Å². The van der Waals surface area contributed by atoms with Crippen LogP contribution in [0.2, 0.25) is 5.15 Å². The summed E-state index contributed by atoms with van der Waals surface area (Å²) in [4.78, 5) is 14.2. The Morgan fingerprint density at radius 2 is 1.76 bits per heavy atom. The van der Waals surface area contributed by atoms with Crippen LogP contribution in [0.25, 0.3) is 11.3 Å². The summed E-state index contributed by atoms with van der Waals surface area (Å²) in [6.45, 7) is 5.52. The van der Waals surface area contributed by atoms with E-state index < -0.39 is 0 Å². The highest BCUT2D eigenvalue weighted by Gasteiger charge is 2.34. The fourth-order valence-corrected chi connectivity index (χ4v) is 3.39. The first-order valence-corrected chi connectivity index (χ1v) is 7.74. The molecule has 0 aliphatic carbocycles. The molecule has 1 atom stereocenters. The number of rotatable bonds is 2. The molecule has 3 fully saturated rings. The molecule has 108 valence electrons. The van der Waals surface area contributed by atoms with Crippen LogP contribution in [0.4, 0.5) is 0 Å². The summed E-state index contributed by atoms with van der Waals surface area (Å²) in [7, 11) is 0. The van der Waals surface area contributed by atoms with Gasteiger partial charge in [0.2, 0.25) is 0 Å². The SMILES string of the molecule is Clc1cc(-c2ccccc2)nc(C2CN3CCN2CC3)n1. The first-order chi connectivity index (χ1) is 10.3. The molecule has 5 heteroatoms. The second-order valence-corrected chi connectivity index (χ2v) is 6.04. The van der Waals surface area contributed by atoms with E-state index in [1.54, 1.807) is 0 Å². The minimum absolute atomic E-state index is 0.272. The lowest BCUT2D eigenvalue weighted by Crippen LogP contribution is -2.57. The summed E-state index contributed by atoms with van der Waals surface area (Å²) in [5.41, 5.74) is 1.99. The molecule has 3 aliphatic heterocycles. The smallest absolute Gasteiger partial charge is 0.149 e. The molecular formula is C16H17ClN4. The lowest BCUT2D eigenvalue weighted by Gasteiger charge is -2.46. The van der Waals surface area contributed by atoms with Gasteiger partial charge in [-0.1, -0.05) is 41.9 Å². The van der Waals surface area contributed by atoms with E-state index in [9.17, 15) is 0 Å². The topological polar surface area (TPSA) is 32.3 Å². The number of nitrogens with zero attached hydrogens (tertiary/aromatic N) is 4. The quantitative estimate of drug-likeness (QED) is 0.798. The average molecular weight is 301 g/mol. The number of hydrogen-bond donors (Lipinski definition) is 0. The molecule has 0 spiro atoms. The Hall–Kier alpha value is -1.49. The Bertz CT molecular complexity index is 638. The van der Waals surface area contributed by atoms with Crippen molar-refractivity contribution in [3.8, 4) is 11.3 Å². The number of benzene rings is 1. The maximum absolute atomic E-state index is 6.24. The molecule has 0 saturated carbocycles. The van der Waals surface area contributed by atoms with Crippen molar-refractivity contribution in [1.29, 1.82) is 0 Å². The van der Waals surface area contributed by atoms with Crippen molar-refractivity contribution in [3.63, 3.8) is 0 Å². The Labute approximate surface area is 129 Å². The van der Waals surface area contributed by atoms with Gasteiger partial charge in [-0.3, -0.25) is 9.80 Å². The molecule has 21 heavy (non-hydrogen) atoms. The Kier molecular flexibility index (Phi) is 3.37. The summed E-state index contributed by atoms with van der Waals surface area (Å²) in [6, 6.07) is 12.3. The lowest BCUT2D eigenvalue weighted by molar-refractivity contribution is 0.00870. The zero-order valence-corrected chi connectivity index (χ0v) is 12.5. The van der Waals surface area contributed by atoms with Gasteiger partial charge in [-0.05, 0) is 0 Å². The second kappa shape index (κ2) is 5.37. The largest absolute Gasteiger partial charge is 0.299 e. The minimum Gasteiger partial charge on any atom is -0.299 e. The van der Waals surface area contributed by atoms with Crippen LogP contribution < -0.4 is 0 Å². The molecule has 5 rings (SSSR count). The zero-order valence-electron chi connectivity index (χ0n) is 11.7. The van der Waals surface area contributed by atoms with E-state index in [-0.39, 0.29) is 6.04 Å². The van der Waals surface area contributed by atoms with Crippen molar-refractivity contribution >= 4 is 11.6 Å². The lowest BCUT2D eigenvalue weighted by atomic mass is 10.1. The highest BCUT2D eigenvalue weighted by Crippen LogP contribution is 2.29. The van der Waals surface area contributed by atoms with Gasteiger partial charge in [-0.15, -0.1) is 0 Å². The molecule has 0 radical (unpaired) electrons. The van der Waals surface area contributed by atoms with Crippen LogP contribution in [0.5, 0.6) is 0 Å². The normalized spacial score (nSPS) is 27.8. The van der Waals surface area contributed by atoms with E-state index in [2.05, 4.69) is 26.9 Å². The number of fused-ring (bicyclic) bond motifs is 3. The number of halogens is 1. The molecule has 2 aromatic rings. The van der Waals surface area contributed by atoms with E-state index in [1.807, 2.05) is 24.3 Å². The molecule has 0 N–H and O–H groups in total. The molecule has 1 unspecified atom stereocenters. The third-order valence-electron chi connectivity index (χ3n) is 4.36. The van der Waals surface area contributed by atoms with Crippen molar-refractivity contribution in [2.24, 2.45) is 0 Å². The van der Waals surface area contributed by atoms with Gasteiger partial charge in [0.15, 0.2) is 0 Å². The average Bonchev–Trinajstić information content (AvgIpc) is 2.56. The van der Waals surface area contributed by atoms with Gasteiger partial charge in [0.25, 0.3) is 0 Å². The van der Waals surface area contributed by atoms with Gasteiger partial charge in [0, 0.05) is 44.4 Å². The summed E-state index contributed by atoms with van der Waals surface area (Å²) >= 11 is 6.24. The fraction of sp³-hybridized carbons (Fsp3) is 0.375. The van der Waals surface area contributed by atoms with E-state index in [0.717, 1.165) is 49.8 Å². The Morgan fingerprint density at radius 3 is 2.43 bits per heavy atom. The van der Waals surface area contributed by atoms with Gasteiger partial charge >= 0.3 is 0 Å². The van der Waals surface area contributed by atoms with Crippen molar-refractivity contribution in [2.75, 3.05) is 32.7 Å². The molecule has 4 heterocycles. The maximum atomic E-state index is 6.24. The van der Waals surface area contributed by atoms with Crippen LogP contribution in [-0.2, 0) is 0 Å². The molecule has 1 aromatic carbocycles. The fourth-order valence-electron chi connectivity index (χ4n) is 3.20. The maximum Gasteiger partial charge on any atom is 0.149 e. The number of aromatic nitrogens is 2. The van der Waals surface area contributed by atoms with Crippen molar-refractivity contribution in [2.45, 2.75) is 6.04 Å². The number of hydrogen-bond acceptors (Lipinski definition) is 4. The Morgan fingerprint density at radius 1 is 1.00 bits per heavy atom. The molecule has 3 aliphatic rings. The van der Waals surface area contributed by atoms with E-state index >= 15 is 0 Å². The number of piperazine rings is 3. The summed E-state index contributed by atoms with van der Waals surface area (Å²) in [5, 5.41) is 0.525. The van der Waals surface area contributed by atoms with Crippen molar-refractivity contribution in [1.82, 2.24) is 19.8 Å². The van der Waals surface area contributed by atoms with E-state index in [0.29, 0.717) is 5.15 Å². The minimum atomic E-state index is 0.272.